The van der Waals surface area contributed by atoms with Gasteiger partial charge < -0.3 is 4.74 Å². The summed E-state index contributed by atoms with van der Waals surface area (Å²) in [5.41, 5.74) is 0.504. The minimum absolute atomic E-state index is 0.104. The zero-order valence-electron chi connectivity index (χ0n) is 9.71. The van der Waals surface area contributed by atoms with E-state index in [4.69, 9.17) is 4.74 Å². The van der Waals surface area contributed by atoms with Crippen molar-refractivity contribution in [2.24, 2.45) is 0 Å². The number of hydrogen-bond donors (Lipinski definition) is 0. The SMILES string of the molecule is CCOC(=O)Cn1nnnc1-c1cccc(F)c1. The van der Waals surface area contributed by atoms with Crippen LogP contribution in [0.5, 0.6) is 0 Å². The molecular weight excluding hydrogens is 239 g/mol. The van der Waals surface area contributed by atoms with Crippen molar-refractivity contribution < 1.29 is 13.9 Å². The maximum Gasteiger partial charge on any atom is 0.327 e. The van der Waals surface area contributed by atoms with Crippen LogP contribution in [0.4, 0.5) is 4.39 Å². The number of benzene rings is 1. The lowest BCUT2D eigenvalue weighted by Crippen LogP contribution is -2.15. The summed E-state index contributed by atoms with van der Waals surface area (Å²) in [6.07, 6.45) is 0. The van der Waals surface area contributed by atoms with Gasteiger partial charge in [-0.05, 0) is 29.5 Å². The van der Waals surface area contributed by atoms with Gasteiger partial charge in [-0.3, -0.25) is 4.79 Å². The number of halogens is 1. The van der Waals surface area contributed by atoms with Crippen LogP contribution in [0.25, 0.3) is 11.4 Å². The lowest BCUT2D eigenvalue weighted by atomic mass is 10.2. The van der Waals surface area contributed by atoms with Crippen LogP contribution < -0.4 is 0 Å². The number of tetrazole rings is 1. The first-order valence-electron chi connectivity index (χ1n) is 5.38. The highest BCUT2D eigenvalue weighted by Gasteiger charge is 2.13. The van der Waals surface area contributed by atoms with Gasteiger partial charge in [0.15, 0.2) is 5.82 Å². The quantitative estimate of drug-likeness (QED) is 0.758. The Morgan fingerprint density at radius 1 is 1.50 bits per heavy atom. The molecule has 0 N–H and O–H groups in total. The van der Waals surface area contributed by atoms with E-state index >= 15 is 0 Å². The first-order chi connectivity index (χ1) is 8.70. The highest BCUT2D eigenvalue weighted by Crippen LogP contribution is 2.16. The number of carbonyl (C=O) groups excluding carboxylic acids is 1. The van der Waals surface area contributed by atoms with Crippen molar-refractivity contribution in [2.75, 3.05) is 6.61 Å². The molecule has 1 heterocycles. The van der Waals surface area contributed by atoms with Crippen molar-refractivity contribution in [2.45, 2.75) is 13.5 Å². The van der Waals surface area contributed by atoms with E-state index < -0.39 is 11.8 Å². The fraction of sp³-hybridized carbons (Fsp3) is 0.273. The summed E-state index contributed by atoms with van der Waals surface area (Å²) in [4.78, 5) is 11.3. The molecule has 0 radical (unpaired) electrons. The van der Waals surface area contributed by atoms with Gasteiger partial charge in [0.1, 0.15) is 12.4 Å². The number of esters is 1. The minimum Gasteiger partial charge on any atom is -0.465 e. The summed E-state index contributed by atoms with van der Waals surface area (Å²) in [7, 11) is 0. The number of rotatable bonds is 4. The maximum atomic E-state index is 13.1. The number of ether oxygens (including phenoxy) is 1. The third kappa shape index (κ3) is 2.68. The van der Waals surface area contributed by atoms with Crippen LogP contribution in [-0.2, 0) is 16.1 Å². The average Bonchev–Trinajstić information content (AvgIpc) is 2.77. The van der Waals surface area contributed by atoms with E-state index in [-0.39, 0.29) is 13.2 Å². The van der Waals surface area contributed by atoms with E-state index in [1.54, 1.807) is 19.1 Å². The summed E-state index contributed by atoms with van der Waals surface area (Å²) in [5, 5.41) is 10.9. The van der Waals surface area contributed by atoms with E-state index in [1.807, 2.05) is 0 Å². The molecule has 94 valence electrons. The van der Waals surface area contributed by atoms with E-state index in [1.165, 1.54) is 16.8 Å². The molecular formula is C11H11FN4O2. The Kier molecular flexibility index (Phi) is 3.61. The van der Waals surface area contributed by atoms with Crippen molar-refractivity contribution in [3.05, 3.63) is 30.1 Å². The third-order valence-corrected chi connectivity index (χ3v) is 2.20. The molecule has 0 fully saturated rings. The molecule has 0 spiro atoms. The van der Waals surface area contributed by atoms with Gasteiger partial charge in [-0.2, -0.15) is 0 Å². The van der Waals surface area contributed by atoms with E-state index in [9.17, 15) is 9.18 Å². The molecule has 0 saturated carbocycles. The Bertz CT molecular complexity index is 555. The molecule has 0 atom stereocenters. The first kappa shape index (κ1) is 12.2. The topological polar surface area (TPSA) is 69.9 Å². The van der Waals surface area contributed by atoms with Crippen LogP contribution in [0, 0.1) is 5.82 Å². The molecule has 0 amide bonds. The maximum absolute atomic E-state index is 13.1. The number of carbonyl (C=O) groups is 1. The molecule has 7 heteroatoms. The Hall–Kier alpha value is -2.31. The monoisotopic (exact) mass is 250 g/mol. The number of hydrogen-bond acceptors (Lipinski definition) is 5. The molecule has 0 aliphatic heterocycles. The smallest absolute Gasteiger partial charge is 0.327 e. The van der Waals surface area contributed by atoms with Crippen LogP contribution in [0.1, 0.15) is 6.92 Å². The lowest BCUT2D eigenvalue weighted by molar-refractivity contribution is -0.144. The zero-order chi connectivity index (χ0) is 13.0. The second kappa shape index (κ2) is 5.35. The third-order valence-electron chi connectivity index (χ3n) is 2.20. The second-order valence-electron chi connectivity index (χ2n) is 3.48. The van der Waals surface area contributed by atoms with Crippen molar-refractivity contribution in [1.82, 2.24) is 20.2 Å². The molecule has 0 aliphatic carbocycles. The van der Waals surface area contributed by atoms with Crippen molar-refractivity contribution in [3.8, 4) is 11.4 Å². The summed E-state index contributed by atoms with van der Waals surface area (Å²) in [6, 6.07) is 5.83. The molecule has 0 unspecified atom stereocenters. The predicted octanol–water partition coefficient (Wildman–Crippen LogP) is 1.04. The predicted molar refractivity (Wildman–Crippen MR) is 59.8 cm³/mol. The molecule has 1 aromatic carbocycles. The zero-order valence-corrected chi connectivity index (χ0v) is 9.71. The Morgan fingerprint density at radius 2 is 2.33 bits per heavy atom. The van der Waals surface area contributed by atoms with E-state index in [0.29, 0.717) is 11.4 Å². The van der Waals surface area contributed by atoms with Crippen LogP contribution >= 0.6 is 0 Å². The van der Waals surface area contributed by atoms with Gasteiger partial charge in [-0.15, -0.1) is 5.10 Å². The summed E-state index contributed by atoms with van der Waals surface area (Å²) < 4.78 is 19.2. The molecule has 0 bridgehead atoms. The molecule has 2 rings (SSSR count). The van der Waals surface area contributed by atoms with Gasteiger partial charge in [0.05, 0.1) is 6.61 Å². The van der Waals surface area contributed by atoms with E-state index in [2.05, 4.69) is 15.5 Å². The molecule has 18 heavy (non-hydrogen) atoms. The second-order valence-corrected chi connectivity index (χ2v) is 3.48. The minimum atomic E-state index is -0.442. The Balaban J connectivity index is 2.25. The van der Waals surface area contributed by atoms with Crippen LogP contribution in [0.15, 0.2) is 24.3 Å². The standard InChI is InChI=1S/C11H11FN4O2/c1-2-18-10(17)7-16-11(13-14-15-16)8-4-3-5-9(12)6-8/h3-6H,2,7H2,1H3. The Morgan fingerprint density at radius 3 is 3.06 bits per heavy atom. The van der Waals surface area contributed by atoms with Crippen molar-refractivity contribution >= 4 is 5.97 Å². The largest absolute Gasteiger partial charge is 0.465 e. The van der Waals surface area contributed by atoms with Crippen LogP contribution in [0.2, 0.25) is 0 Å². The highest BCUT2D eigenvalue weighted by molar-refractivity contribution is 5.70. The van der Waals surface area contributed by atoms with Gasteiger partial charge in [-0.1, -0.05) is 12.1 Å². The van der Waals surface area contributed by atoms with Crippen molar-refractivity contribution in [1.29, 1.82) is 0 Å². The Labute approximate surface area is 102 Å². The molecule has 0 saturated heterocycles. The van der Waals surface area contributed by atoms with Crippen molar-refractivity contribution in [3.63, 3.8) is 0 Å². The molecule has 2 aromatic rings. The fourth-order valence-corrected chi connectivity index (χ4v) is 1.47. The van der Waals surface area contributed by atoms with Crippen LogP contribution in [-0.4, -0.2) is 32.8 Å². The van der Waals surface area contributed by atoms with Gasteiger partial charge in [0.25, 0.3) is 0 Å². The number of nitrogens with zero attached hydrogens (tertiary/aromatic N) is 4. The van der Waals surface area contributed by atoms with Gasteiger partial charge >= 0.3 is 5.97 Å². The molecule has 0 aliphatic rings. The lowest BCUT2D eigenvalue weighted by Gasteiger charge is -2.04. The average molecular weight is 250 g/mol. The normalized spacial score (nSPS) is 10.3. The first-order valence-corrected chi connectivity index (χ1v) is 5.38. The van der Waals surface area contributed by atoms with Gasteiger partial charge in [0.2, 0.25) is 0 Å². The summed E-state index contributed by atoms with van der Waals surface area (Å²) >= 11 is 0. The molecule has 6 nitrogen and oxygen atoms in total. The van der Waals surface area contributed by atoms with Gasteiger partial charge in [0, 0.05) is 5.56 Å². The van der Waals surface area contributed by atoms with Crippen LogP contribution in [0.3, 0.4) is 0 Å². The fourth-order valence-electron chi connectivity index (χ4n) is 1.47. The highest BCUT2D eigenvalue weighted by atomic mass is 19.1. The summed E-state index contributed by atoms with van der Waals surface area (Å²) in [6.45, 7) is 1.90. The van der Waals surface area contributed by atoms with Gasteiger partial charge in [-0.25, -0.2) is 9.07 Å². The summed E-state index contributed by atoms with van der Waals surface area (Å²) in [5.74, 6) is -0.511. The number of aromatic nitrogens is 4. The van der Waals surface area contributed by atoms with E-state index in [0.717, 1.165) is 0 Å². The molecule has 1 aromatic heterocycles.